The van der Waals surface area contributed by atoms with E-state index in [9.17, 15) is 4.79 Å². The number of carbonyl (C=O) groups is 1. The fraction of sp³-hybridized carbons (Fsp3) is 0.125. The first-order chi connectivity index (χ1) is 11.6. The van der Waals surface area contributed by atoms with Gasteiger partial charge in [-0.25, -0.2) is 9.78 Å². The Labute approximate surface area is 147 Å². The van der Waals surface area contributed by atoms with Crippen LogP contribution in [-0.2, 0) is 11.3 Å². The fourth-order valence-corrected chi connectivity index (χ4v) is 2.62. The number of anilines is 1. The zero-order chi connectivity index (χ0) is 17.1. The number of hydrogen-bond donors (Lipinski definition) is 2. The fourth-order valence-electron chi connectivity index (χ4n) is 2.11. The van der Waals surface area contributed by atoms with Crippen molar-refractivity contribution in [1.29, 1.82) is 0 Å². The number of aromatic amines is 1. The molecule has 6 nitrogen and oxygen atoms in total. The summed E-state index contributed by atoms with van der Waals surface area (Å²) in [6.45, 7) is 0.241. The summed E-state index contributed by atoms with van der Waals surface area (Å²) in [6.07, 6.45) is -0.598. The van der Waals surface area contributed by atoms with Crippen LogP contribution >= 0.6 is 23.2 Å². The monoisotopic (exact) mass is 365 g/mol. The van der Waals surface area contributed by atoms with Crippen molar-refractivity contribution in [1.82, 2.24) is 9.97 Å². The van der Waals surface area contributed by atoms with Gasteiger partial charge >= 0.3 is 6.09 Å². The Morgan fingerprint density at radius 1 is 1.25 bits per heavy atom. The lowest BCUT2D eigenvalue weighted by molar-refractivity contribution is 0.186. The van der Waals surface area contributed by atoms with Crippen molar-refractivity contribution in [2.75, 3.05) is 12.4 Å². The molecule has 0 bridgehead atoms. The summed E-state index contributed by atoms with van der Waals surface area (Å²) in [5.74, 6) is 0.912. The Morgan fingerprint density at radius 3 is 2.71 bits per heavy atom. The van der Waals surface area contributed by atoms with Crippen LogP contribution in [0, 0.1) is 0 Å². The van der Waals surface area contributed by atoms with Gasteiger partial charge in [-0.1, -0.05) is 29.3 Å². The van der Waals surface area contributed by atoms with Gasteiger partial charge in [-0.15, -0.1) is 0 Å². The molecular formula is C16H13Cl2N3O3. The van der Waals surface area contributed by atoms with Gasteiger partial charge in [-0.2, -0.15) is 0 Å². The highest BCUT2D eigenvalue weighted by atomic mass is 35.5. The standard InChI is InChI=1S/C16H13Cl2N3O3/c1-23-16(22)21-15-19-13-6-5-9(7-14(13)20-15)24-8-10-11(17)3-2-4-12(10)18/h2-7H,8H2,1H3,(H2,19,20,21,22). The first-order valence-electron chi connectivity index (χ1n) is 6.97. The van der Waals surface area contributed by atoms with E-state index >= 15 is 0 Å². The number of ether oxygens (including phenoxy) is 2. The van der Waals surface area contributed by atoms with Gasteiger partial charge in [-0.3, -0.25) is 5.32 Å². The van der Waals surface area contributed by atoms with Crippen molar-refractivity contribution < 1.29 is 14.3 Å². The number of benzene rings is 2. The first-order valence-corrected chi connectivity index (χ1v) is 7.73. The van der Waals surface area contributed by atoms with Crippen LogP contribution in [0.5, 0.6) is 5.75 Å². The lowest BCUT2D eigenvalue weighted by Crippen LogP contribution is -2.11. The number of nitrogens with zero attached hydrogens (tertiary/aromatic N) is 1. The van der Waals surface area contributed by atoms with Crippen LogP contribution in [0.15, 0.2) is 36.4 Å². The zero-order valence-electron chi connectivity index (χ0n) is 12.6. The van der Waals surface area contributed by atoms with Crippen molar-refractivity contribution in [2.24, 2.45) is 0 Å². The Bertz CT molecular complexity index is 875. The molecule has 1 heterocycles. The molecule has 2 aromatic carbocycles. The molecule has 124 valence electrons. The molecule has 0 aliphatic heterocycles. The number of carbonyl (C=O) groups excluding carboxylic acids is 1. The van der Waals surface area contributed by atoms with Crippen molar-refractivity contribution >= 4 is 46.3 Å². The minimum atomic E-state index is -0.598. The molecule has 0 aliphatic rings. The Kier molecular flexibility index (Phi) is 4.78. The summed E-state index contributed by atoms with van der Waals surface area (Å²) in [5, 5.41) is 3.57. The number of hydrogen-bond acceptors (Lipinski definition) is 4. The average Bonchev–Trinajstić information content (AvgIpc) is 2.95. The number of fused-ring (bicyclic) bond motifs is 1. The number of amides is 1. The quantitative estimate of drug-likeness (QED) is 0.706. The molecule has 0 aliphatic carbocycles. The maximum absolute atomic E-state index is 11.2. The maximum atomic E-state index is 11.2. The van der Waals surface area contributed by atoms with Gasteiger partial charge in [0, 0.05) is 21.7 Å². The maximum Gasteiger partial charge on any atom is 0.413 e. The van der Waals surface area contributed by atoms with E-state index in [1.807, 2.05) is 0 Å². The van der Waals surface area contributed by atoms with E-state index in [0.29, 0.717) is 32.8 Å². The highest BCUT2D eigenvalue weighted by Gasteiger charge is 2.09. The second kappa shape index (κ2) is 6.98. The van der Waals surface area contributed by atoms with Gasteiger partial charge in [0.25, 0.3) is 0 Å². The second-order valence-electron chi connectivity index (χ2n) is 4.87. The van der Waals surface area contributed by atoms with E-state index in [1.54, 1.807) is 36.4 Å². The molecule has 24 heavy (non-hydrogen) atoms. The number of nitrogens with one attached hydrogen (secondary N) is 2. The molecule has 8 heteroatoms. The topological polar surface area (TPSA) is 76.2 Å². The van der Waals surface area contributed by atoms with Gasteiger partial charge in [0.15, 0.2) is 0 Å². The number of methoxy groups -OCH3 is 1. The van der Waals surface area contributed by atoms with Crippen LogP contribution < -0.4 is 10.1 Å². The van der Waals surface area contributed by atoms with Crippen LogP contribution in [0.2, 0.25) is 10.0 Å². The molecule has 1 aromatic heterocycles. The van der Waals surface area contributed by atoms with Gasteiger partial charge in [0.2, 0.25) is 5.95 Å². The molecule has 1 amide bonds. The third-order valence-corrected chi connectivity index (χ3v) is 4.01. The number of imidazole rings is 1. The van der Waals surface area contributed by atoms with Crippen molar-refractivity contribution in [2.45, 2.75) is 6.61 Å². The van der Waals surface area contributed by atoms with E-state index < -0.39 is 6.09 Å². The van der Waals surface area contributed by atoms with Gasteiger partial charge in [0.1, 0.15) is 12.4 Å². The zero-order valence-corrected chi connectivity index (χ0v) is 14.1. The number of rotatable bonds is 4. The summed E-state index contributed by atoms with van der Waals surface area (Å²) in [4.78, 5) is 18.4. The minimum absolute atomic E-state index is 0.241. The smallest absolute Gasteiger partial charge is 0.413 e. The molecule has 0 saturated carbocycles. The van der Waals surface area contributed by atoms with Gasteiger partial charge in [0.05, 0.1) is 18.1 Å². The largest absolute Gasteiger partial charge is 0.489 e. The molecule has 0 atom stereocenters. The highest BCUT2D eigenvalue weighted by molar-refractivity contribution is 6.35. The van der Waals surface area contributed by atoms with Crippen molar-refractivity contribution in [3.05, 3.63) is 52.0 Å². The second-order valence-corrected chi connectivity index (χ2v) is 5.68. The Morgan fingerprint density at radius 2 is 2.00 bits per heavy atom. The van der Waals surface area contributed by atoms with Gasteiger partial charge in [-0.05, 0) is 24.3 Å². The predicted molar refractivity (Wildman–Crippen MR) is 92.9 cm³/mol. The molecule has 2 N–H and O–H groups in total. The van der Waals surface area contributed by atoms with E-state index in [2.05, 4.69) is 20.0 Å². The SMILES string of the molecule is COC(=O)Nc1nc2ccc(OCc3c(Cl)cccc3Cl)cc2[nH]1. The Hall–Kier alpha value is -2.44. The average molecular weight is 366 g/mol. The number of halogens is 2. The first kappa shape index (κ1) is 16.4. The molecule has 0 spiro atoms. The highest BCUT2D eigenvalue weighted by Crippen LogP contribution is 2.27. The molecule has 0 saturated heterocycles. The minimum Gasteiger partial charge on any atom is -0.489 e. The van der Waals surface area contributed by atoms with Crippen molar-refractivity contribution in [3.8, 4) is 5.75 Å². The van der Waals surface area contributed by atoms with Crippen LogP contribution in [0.4, 0.5) is 10.7 Å². The third kappa shape index (κ3) is 3.55. The summed E-state index contributed by atoms with van der Waals surface area (Å²) in [7, 11) is 1.28. The van der Waals surface area contributed by atoms with Crippen LogP contribution in [0.3, 0.4) is 0 Å². The van der Waals surface area contributed by atoms with E-state index in [0.717, 1.165) is 5.56 Å². The summed E-state index contributed by atoms with van der Waals surface area (Å²) >= 11 is 12.2. The van der Waals surface area contributed by atoms with Crippen LogP contribution in [-0.4, -0.2) is 23.2 Å². The van der Waals surface area contributed by atoms with E-state index in [4.69, 9.17) is 27.9 Å². The third-order valence-electron chi connectivity index (χ3n) is 3.30. The predicted octanol–water partition coefficient (Wildman–Crippen LogP) is 4.63. The summed E-state index contributed by atoms with van der Waals surface area (Å²) < 4.78 is 10.3. The molecule has 0 fully saturated rings. The van der Waals surface area contributed by atoms with Gasteiger partial charge < -0.3 is 14.5 Å². The van der Waals surface area contributed by atoms with Crippen LogP contribution in [0.1, 0.15) is 5.56 Å². The molecule has 0 radical (unpaired) electrons. The number of aromatic nitrogens is 2. The lowest BCUT2D eigenvalue weighted by atomic mass is 10.2. The van der Waals surface area contributed by atoms with E-state index in [1.165, 1.54) is 7.11 Å². The summed E-state index contributed by atoms with van der Waals surface area (Å²) in [6, 6.07) is 10.6. The van der Waals surface area contributed by atoms with Crippen molar-refractivity contribution in [3.63, 3.8) is 0 Å². The Balaban J connectivity index is 1.77. The molecule has 3 rings (SSSR count). The van der Waals surface area contributed by atoms with E-state index in [-0.39, 0.29) is 6.61 Å². The molecule has 0 unspecified atom stereocenters. The normalized spacial score (nSPS) is 10.6. The molecular weight excluding hydrogens is 353 g/mol. The van der Waals surface area contributed by atoms with Crippen LogP contribution in [0.25, 0.3) is 11.0 Å². The summed E-state index contributed by atoms with van der Waals surface area (Å²) in [5.41, 5.74) is 2.12. The lowest BCUT2D eigenvalue weighted by Gasteiger charge is -2.09. The number of H-pyrrole nitrogens is 1. The molecule has 3 aromatic rings.